The van der Waals surface area contributed by atoms with Gasteiger partial charge < -0.3 is 14.2 Å². The van der Waals surface area contributed by atoms with E-state index in [1.54, 1.807) is 19.1 Å². The van der Waals surface area contributed by atoms with Gasteiger partial charge in [0.25, 0.3) is 0 Å². The number of benzene rings is 2. The van der Waals surface area contributed by atoms with Gasteiger partial charge in [-0.15, -0.1) is 0 Å². The Morgan fingerprint density at radius 2 is 1.72 bits per heavy atom. The maximum atomic E-state index is 12.5. The average Bonchev–Trinajstić information content (AvgIpc) is 3.38. The summed E-state index contributed by atoms with van der Waals surface area (Å²) in [6, 6.07) is 14.8. The molecule has 0 aliphatic carbocycles. The Morgan fingerprint density at radius 3 is 2.52 bits per heavy atom. The molecular formula is C21H17N3O5. The SMILES string of the molecule is Cc1c(C(=O)NNC(=O)C(=O)NCc2ccco2)oc2c1ccc1ccccc12. The molecule has 8 heteroatoms. The number of hydrogen-bond acceptors (Lipinski definition) is 5. The number of rotatable bonds is 3. The van der Waals surface area contributed by atoms with Gasteiger partial charge in [-0.05, 0) is 24.4 Å². The summed E-state index contributed by atoms with van der Waals surface area (Å²) in [5.41, 5.74) is 5.51. The molecule has 2 aromatic carbocycles. The summed E-state index contributed by atoms with van der Waals surface area (Å²) >= 11 is 0. The molecule has 0 fully saturated rings. The molecule has 4 aromatic rings. The van der Waals surface area contributed by atoms with Crippen molar-refractivity contribution in [1.82, 2.24) is 16.2 Å². The van der Waals surface area contributed by atoms with Crippen LogP contribution in [0.4, 0.5) is 0 Å². The van der Waals surface area contributed by atoms with Crippen LogP contribution in [-0.4, -0.2) is 17.7 Å². The number of hydrazine groups is 1. The zero-order chi connectivity index (χ0) is 20.4. The Balaban J connectivity index is 1.45. The van der Waals surface area contributed by atoms with Crippen LogP contribution in [0.3, 0.4) is 0 Å². The van der Waals surface area contributed by atoms with Crippen LogP contribution in [0.15, 0.2) is 63.6 Å². The van der Waals surface area contributed by atoms with Crippen molar-refractivity contribution in [2.24, 2.45) is 0 Å². The van der Waals surface area contributed by atoms with Crippen LogP contribution in [0.25, 0.3) is 21.7 Å². The zero-order valence-electron chi connectivity index (χ0n) is 15.4. The van der Waals surface area contributed by atoms with Gasteiger partial charge in [0.05, 0.1) is 12.8 Å². The van der Waals surface area contributed by atoms with Crippen LogP contribution in [0, 0.1) is 6.92 Å². The van der Waals surface area contributed by atoms with E-state index in [4.69, 9.17) is 8.83 Å². The first kappa shape index (κ1) is 18.3. The highest BCUT2D eigenvalue weighted by atomic mass is 16.3. The molecule has 0 spiro atoms. The summed E-state index contributed by atoms with van der Waals surface area (Å²) in [6.07, 6.45) is 1.46. The van der Waals surface area contributed by atoms with Crippen molar-refractivity contribution in [1.29, 1.82) is 0 Å². The first-order chi connectivity index (χ1) is 14.0. The van der Waals surface area contributed by atoms with Crippen LogP contribution in [0.5, 0.6) is 0 Å². The van der Waals surface area contributed by atoms with E-state index in [1.807, 2.05) is 36.4 Å². The third-order valence-corrected chi connectivity index (χ3v) is 4.53. The van der Waals surface area contributed by atoms with Crippen molar-refractivity contribution >= 4 is 39.5 Å². The largest absolute Gasteiger partial charge is 0.467 e. The van der Waals surface area contributed by atoms with Gasteiger partial charge in [0, 0.05) is 16.3 Å². The van der Waals surface area contributed by atoms with E-state index < -0.39 is 17.7 Å². The maximum absolute atomic E-state index is 12.5. The first-order valence-corrected chi connectivity index (χ1v) is 8.86. The van der Waals surface area contributed by atoms with Crippen LogP contribution in [0.2, 0.25) is 0 Å². The highest BCUT2D eigenvalue weighted by Gasteiger charge is 2.21. The molecule has 146 valence electrons. The zero-order valence-corrected chi connectivity index (χ0v) is 15.4. The van der Waals surface area contributed by atoms with Crippen molar-refractivity contribution in [2.45, 2.75) is 13.5 Å². The van der Waals surface area contributed by atoms with Gasteiger partial charge in [-0.25, -0.2) is 0 Å². The fraction of sp³-hybridized carbons (Fsp3) is 0.0952. The van der Waals surface area contributed by atoms with Gasteiger partial charge in [0.1, 0.15) is 11.3 Å². The van der Waals surface area contributed by atoms with Gasteiger partial charge in [0.2, 0.25) is 0 Å². The minimum Gasteiger partial charge on any atom is -0.467 e. The van der Waals surface area contributed by atoms with Gasteiger partial charge in [0.15, 0.2) is 5.76 Å². The summed E-state index contributed by atoms with van der Waals surface area (Å²) in [5.74, 6) is -2.01. The van der Waals surface area contributed by atoms with Crippen LogP contribution < -0.4 is 16.2 Å². The molecule has 3 amide bonds. The highest BCUT2D eigenvalue weighted by molar-refractivity contribution is 6.35. The minimum absolute atomic E-state index is 0.0585. The molecule has 2 heterocycles. The van der Waals surface area contributed by atoms with Crippen molar-refractivity contribution in [2.75, 3.05) is 0 Å². The van der Waals surface area contributed by atoms with E-state index in [2.05, 4.69) is 16.2 Å². The fourth-order valence-corrected chi connectivity index (χ4v) is 3.05. The fourth-order valence-electron chi connectivity index (χ4n) is 3.05. The Kier molecular flexibility index (Phi) is 4.74. The van der Waals surface area contributed by atoms with E-state index in [0.717, 1.165) is 16.2 Å². The van der Waals surface area contributed by atoms with Crippen molar-refractivity contribution in [3.8, 4) is 0 Å². The number of amides is 3. The summed E-state index contributed by atoms with van der Waals surface area (Å²) < 4.78 is 10.9. The van der Waals surface area contributed by atoms with Gasteiger partial charge in [-0.3, -0.25) is 25.2 Å². The molecule has 0 aliphatic heterocycles. The Labute approximate surface area is 164 Å². The lowest BCUT2D eigenvalue weighted by atomic mass is 10.1. The van der Waals surface area contributed by atoms with Crippen molar-refractivity contribution in [3.05, 3.63) is 71.9 Å². The molecule has 0 bridgehead atoms. The molecule has 0 radical (unpaired) electrons. The smallest absolute Gasteiger partial charge is 0.327 e. The number of hydrogen-bond donors (Lipinski definition) is 3. The molecule has 4 rings (SSSR count). The molecule has 0 atom stereocenters. The van der Waals surface area contributed by atoms with Gasteiger partial charge in [-0.2, -0.15) is 0 Å². The average molecular weight is 391 g/mol. The quantitative estimate of drug-likeness (QED) is 0.367. The number of furan rings is 2. The lowest BCUT2D eigenvalue weighted by Gasteiger charge is -2.06. The molecule has 3 N–H and O–H groups in total. The molecule has 0 saturated heterocycles. The van der Waals surface area contributed by atoms with E-state index >= 15 is 0 Å². The molecule has 0 saturated carbocycles. The monoisotopic (exact) mass is 391 g/mol. The third kappa shape index (κ3) is 3.55. The van der Waals surface area contributed by atoms with Crippen molar-refractivity contribution < 1.29 is 23.2 Å². The number of carbonyl (C=O) groups is 3. The topological polar surface area (TPSA) is 114 Å². The lowest BCUT2D eigenvalue weighted by molar-refractivity contribution is -0.139. The van der Waals surface area contributed by atoms with E-state index in [-0.39, 0.29) is 12.3 Å². The molecule has 0 unspecified atom stereocenters. The Morgan fingerprint density at radius 1 is 0.897 bits per heavy atom. The second kappa shape index (κ2) is 7.51. The van der Waals surface area contributed by atoms with E-state index in [1.165, 1.54) is 6.26 Å². The van der Waals surface area contributed by atoms with Crippen LogP contribution >= 0.6 is 0 Å². The second-order valence-electron chi connectivity index (χ2n) is 6.39. The predicted molar refractivity (Wildman–Crippen MR) is 105 cm³/mol. The first-order valence-electron chi connectivity index (χ1n) is 8.86. The third-order valence-electron chi connectivity index (χ3n) is 4.53. The number of aryl methyl sites for hydroxylation is 1. The molecular weight excluding hydrogens is 374 g/mol. The number of fused-ring (bicyclic) bond motifs is 3. The Bertz CT molecular complexity index is 1220. The second-order valence-corrected chi connectivity index (χ2v) is 6.39. The molecule has 29 heavy (non-hydrogen) atoms. The van der Waals surface area contributed by atoms with Gasteiger partial charge in [-0.1, -0.05) is 36.4 Å². The van der Waals surface area contributed by atoms with Crippen molar-refractivity contribution in [3.63, 3.8) is 0 Å². The van der Waals surface area contributed by atoms with Crippen LogP contribution in [0.1, 0.15) is 21.9 Å². The summed E-state index contributed by atoms with van der Waals surface area (Å²) in [5, 5.41) is 5.06. The summed E-state index contributed by atoms with van der Waals surface area (Å²) in [4.78, 5) is 36.1. The maximum Gasteiger partial charge on any atom is 0.327 e. The lowest BCUT2D eigenvalue weighted by Crippen LogP contribution is -2.48. The molecule has 2 aromatic heterocycles. The number of nitrogens with one attached hydrogen (secondary N) is 3. The van der Waals surface area contributed by atoms with Crippen LogP contribution in [-0.2, 0) is 16.1 Å². The van der Waals surface area contributed by atoms with E-state index in [9.17, 15) is 14.4 Å². The predicted octanol–water partition coefficient (Wildman–Crippen LogP) is 2.56. The van der Waals surface area contributed by atoms with Gasteiger partial charge >= 0.3 is 17.7 Å². The minimum atomic E-state index is -1.01. The standard InChI is InChI=1S/C21H17N3O5/c1-12-15-9-8-13-5-2-3-7-16(13)18(15)29-17(12)19(25)23-24-21(27)20(26)22-11-14-6-4-10-28-14/h2-10H,11H2,1H3,(H,22,26)(H,23,25)(H,24,27). The summed E-state index contributed by atoms with van der Waals surface area (Å²) in [7, 11) is 0. The van der Waals surface area contributed by atoms with E-state index in [0.29, 0.717) is 16.9 Å². The molecule has 8 nitrogen and oxygen atoms in total. The number of carbonyl (C=O) groups excluding carboxylic acids is 3. The summed E-state index contributed by atoms with van der Waals surface area (Å²) in [6.45, 7) is 1.82. The molecule has 0 aliphatic rings. The normalized spacial score (nSPS) is 10.8. The highest BCUT2D eigenvalue weighted by Crippen LogP contribution is 2.31. The Hall–Kier alpha value is -4.07.